The van der Waals surface area contributed by atoms with Crippen LogP contribution in [0.5, 0.6) is 0 Å². The molecule has 0 unspecified atom stereocenters. The first-order chi connectivity index (χ1) is 9.54. The van der Waals surface area contributed by atoms with E-state index in [0.717, 1.165) is 5.56 Å². The van der Waals surface area contributed by atoms with E-state index in [9.17, 15) is 8.42 Å². The maximum absolute atomic E-state index is 12.5. The topological polar surface area (TPSA) is 66.1 Å². The second kappa shape index (κ2) is 6.19. The zero-order valence-electron chi connectivity index (χ0n) is 11.7. The predicted molar refractivity (Wildman–Crippen MR) is 77.9 cm³/mol. The van der Waals surface area contributed by atoms with E-state index in [1.54, 1.807) is 6.92 Å². The van der Waals surface area contributed by atoms with Gasteiger partial charge in [0.25, 0.3) is 10.0 Å². The summed E-state index contributed by atoms with van der Waals surface area (Å²) in [7, 11) is -3.49. The molecule has 1 aromatic heterocycles. The largest absolute Gasteiger partial charge is 0.332 e. The van der Waals surface area contributed by atoms with E-state index in [-0.39, 0.29) is 5.03 Å². The summed E-state index contributed by atoms with van der Waals surface area (Å²) in [6, 6.07) is 9.86. The molecule has 0 atom stereocenters. The summed E-state index contributed by atoms with van der Waals surface area (Å²) in [4.78, 5) is 6.75. The van der Waals surface area contributed by atoms with E-state index < -0.39 is 10.0 Å². The van der Waals surface area contributed by atoms with E-state index in [4.69, 9.17) is 0 Å². The van der Waals surface area contributed by atoms with E-state index in [0.29, 0.717) is 25.3 Å². The molecule has 0 aliphatic rings. The molecule has 5 nitrogen and oxygen atoms in total. The number of hydrogen-bond donors (Lipinski definition) is 1. The molecule has 0 amide bonds. The molecule has 0 radical (unpaired) electrons. The lowest BCUT2D eigenvalue weighted by Crippen LogP contribution is -2.33. The van der Waals surface area contributed by atoms with Crippen molar-refractivity contribution in [2.24, 2.45) is 0 Å². The highest BCUT2D eigenvalue weighted by Gasteiger charge is 2.24. The number of likely N-dealkylation sites (N-methyl/N-ethyl adjacent to an activating group) is 1. The number of sulfonamides is 1. The fourth-order valence-electron chi connectivity index (χ4n) is 2.02. The molecule has 108 valence electrons. The monoisotopic (exact) mass is 293 g/mol. The summed E-state index contributed by atoms with van der Waals surface area (Å²) in [5, 5.41) is 0.157. The third-order valence-corrected chi connectivity index (χ3v) is 5.03. The number of aromatic amines is 1. The Morgan fingerprint density at radius 2 is 1.95 bits per heavy atom. The van der Waals surface area contributed by atoms with Crippen LogP contribution >= 0.6 is 0 Å². The van der Waals surface area contributed by atoms with Crippen LogP contribution in [0.4, 0.5) is 0 Å². The van der Waals surface area contributed by atoms with E-state index in [2.05, 4.69) is 9.97 Å². The molecule has 0 aliphatic heterocycles. The van der Waals surface area contributed by atoms with Crippen molar-refractivity contribution < 1.29 is 8.42 Å². The highest BCUT2D eigenvalue weighted by atomic mass is 32.2. The van der Waals surface area contributed by atoms with Gasteiger partial charge in [-0.25, -0.2) is 13.4 Å². The molecule has 1 N–H and O–H groups in total. The van der Waals surface area contributed by atoms with Crippen molar-refractivity contribution in [1.29, 1.82) is 0 Å². The van der Waals surface area contributed by atoms with Gasteiger partial charge in [-0.1, -0.05) is 37.3 Å². The first-order valence-corrected chi connectivity index (χ1v) is 8.03. The third kappa shape index (κ3) is 3.26. The van der Waals surface area contributed by atoms with Gasteiger partial charge in [0, 0.05) is 13.1 Å². The van der Waals surface area contributed by atoms with Crippen LogP contribution in [0.15, 0.2) is 41.6 Å². The molecular formula is C14H19N3O2S. The van der Waals surface area contributed by atoms with Gasteiger partial charge in [0.2, 0.25) is 0 Å². The van der Waals surface area contributed by atoms with Crippen LogP contribution in [-0.2, 0) is 16.4 Å². The highest BCUT2D eigenvalue weighted by Crippen LogP contribution is 2.14. The fourth-order valence-corrected chi connectivity index (χ4v) is 3.43. The number of nitrogens with zero attached hydrogens (tertiary/aromatic N) is 2. The zero-order valence-corrected chi connectivity index (χ0v) is 12.5. The number of aromatic nitrogens is 2. The Morgan fingerprint density at radius 3 is 2.50 bits per heavy atom. The van der Waals surface area contributed by atoms with Crippen LogP contribution < -0.4 is 0 Å². The Balaban J connectivity index is 2.12. The summed E-state index contributed by atoms with van der Waals surface area (Å²) >= 11 is 0. The van der Waals surface area contributed by atoms with E-state index in [1.807, 2.05) is 37.3 Å². The van der Waals surface area contributed by atoms with Crippen molar-refractivity contribution in [1.82, 2.24) is 14.3 Å². The second-order valence-electron chi connectivity index (χ2n) is 4.57. The van der Waals surface area contributed by atoms with Crippen molar-refractivity contribution >= 4 is 10.0 Å². The Kier molecular flexibility index (Phi) is 4.57. The Morgan fingerprint density at radius 1 is 1.25 bits per heavy atom. The van der Waals surface area contributed by atoms with Crippen LogP contribution in [0, 0.1) is 6.92 Å². The molecular weight excluding hydrogens is 274 g/mol. The van der Waals surface area contributed by atoms with Gasteiger partial charge in [-0.2, -0.15) is 4.31 Å². The van der Waals surface area contributed by atoms with Crippen LogP contribution in [0.2, 0.25) is 0 Å². The molecule has 6 heteroatoms. The number of hydrogen-bond acceptors (Lipinski definition) is 3. The van der Waals surface area contributed by atoms with Crippen molar-refractivity contribution in [2.45, 2.75) is 25.3 Å². The first-order valence-electron chi connectivity index (χ1n) is 6.59. The summed E-state index contributed by atoms with van der Waals surface area (Å²) in [6.45, 7) is 4.47. The van der Waals surface area contributed by atoms with Crippen molar-refractivity contribution in [3.63, 3.8) is 0 Å². The Labute approximate surface area is 119 Å². The van der Waals surface area contributed by atoms with Crippen molar-refractivity contribution in [3.05, 3.63) is 47.9 Å². The molecule has 1 heterocycles. The number of benzene rings is 1. The number of rotatable bonds is 6. The average molecular weight is 293 g/mol. The van der Waals surface area contributed by atoms with Gasteiger partial charge in [-0.15, -0.1) is 0 Å². The van der Waals surface area contributed by atoms with Crippen molar-refractivity contribution in [2.75, 3.05) is 13.1 Å². The molecule has 0 saturated heterocycles. The maximum atomic E-state index is 12.5. The SMILES string of the molecule is CCN(CCc1ccccc1)S(=O)(=O)c1cnc(C)[nH]1. The summed E-state index contributed by atoms with van der Waals surface area (Å²) in [6.07, 6.45) is 2.07. The quantitative estimate of drug-likeness (QED) is 0.885. The number of imidazole rings is 1. The van der Waals surface area contributed by atoms with Gasteiger partial charge in [0.05, 0.1) is 6.20 Å². The molecule has 0 saturated carbocycles. The van der Waals surface area contributed by atoms with E-state index >= 15 is 0 Å². The van der Waals surface area contributed by atoms with E-state index in [1.165, 1.54) is 10.5 Å². The molecule has 1 aromatic carbocycles. The summed E-state index contributed by atoms with van der Waals surface area (Å²) in [5.41, 5.74) is 1.13. The zero-order chi connectivity index (χ0) is 14.6. The van der Waals surface area contributed by atoms with Gasteiger partial charge >= 0.3 is 0 Å². The molecule has 20 heavy (non-hydrogen) atoms. The van der Waals surface area contributed by atoms with Gasteiger partial charge in [0.1, 0.15) is 5.82 Å². The Hall–Kier alpha value is -1.66. The second-order valence-corrected chi connectivity index (χ2v) is 6.47. The van der Waals surface area contributed by atoms with Gasteiger partial charge in [-0.3, -0.25) is 0 Å². The van der Waals surface area contributed by atoms with Gasteiger partial charge in [0.15, 0.2) is 5.03 Å². The lowest BCUT2D eigenvalue weighted by molar-refractivity contribution is 0.429. The minimum Gasteiger partial charge on any atom is -0.332 e. The van der Waals surface area contributed by atoms with Crippen LogP contribution in [-0.4, -0.2) is 35.8 Å². The predicted octanol–water partition coefficient (Wildman–Crippen LogP) is 1.97. The van der Waals surface area contributed by atoms with Crippen LogP contribution in [0.3, 0.4) is 0 Å². The average Bonchev–Trinajstić information content (AvgIpc) is 2.88. The number of aryl methyl sites for hydroxylation is 1. The van der Waals surface area contributed by atoms with Crippen LogP contribution in [0.1, 0.15) is 18.3 Å². The maximum Gasteiger partial charge on any atom is 0.260 e. The normalized spacial score (nSPS) is 11.9. The Bertz CT molecular complexity index is 650. The van der Waals surface area contributed by atoms with Crippen molar-refractivity contribution in [3.8, 4) is 0 Å². The van der Waals surface area contributed by atoms with Gasteiger partial charge in [-0.05, 0) is 18.9 Å². The lowest BCUT2D eigenvalue weighted by Gasteiger charge is -2.19. The highest BCUT2D eigenvalue weighted by molar-refractivity contribution is 7.89. The minimum atomic E-state index is -3.49. The molecule has 0 aliphatic carbocycles. The third-order valence-electron chi connectivity index (χ3n) is 3.14. The fraction of sp³-hybridized carbons (Fsp3) is 0.357. The standard InChI is InChI=1S/C14H19N3O2S/c1-3-17(10-9-13-7-5-4-6-8-13)20(18,19)14-11-15-12(2)16-14/h4-8,11H,3,9-10H2,1-2H3,(H,15,16). The van der Waals surface area contributed by atoms with Crippen LogP contribution in [0.25, 0.3) is 0 Å². The minimum absolute atomic E-state index is 0.157. The summed E-state index contributed by atoms with van der Waals surface area (Å²) < 4.78 is 26.4. The smallest absolute Gasteiger partial charge is 0.260 e. The number of H-pyrrole nitrogens is 1. The molecule has 0 fully saturated rings. The molecule has 0 spiro atoms. The summed E-state index contributed by atoms with van der Waals surface area (Å²) in [5.74, 6) is 0.600. The molecule has 0 bridgehead atoms. The molecule has 2 aromatic rings. The first kappa shape index (κ1) is 14.7. The molecule has 2 rings (SSSR count). The lowest BCUT2D eigenvalue weighted by atomic mass is 10.1. The number of nitrogens with one attached hydrogen (secondary N) is 1. The van der Waals surface area contributed by atoms with Gasteiger partial charge < -0.3 is 4.98 Å².